The number of halogens is 1. The van der Waals surface area contributed by atoms with E-state index >= 15 is 0 Å². The zero-order valence-corrected chi connectivity index (χ0v) is 11.3. The van der Waals surface area contributed by atoms with Crippen molar-refractivity contribution in [3.05, 3.63) is 29.0 Å². The van der Waals surface area contributed by atoms with E-state index in [0.29, 0.717) is 22.1 Å². The van der Waals surface area contributed by atoms with Crippen LogP contribution in [0.3, 0.4) is 0 Å². The van der Waals surface area contributed by atoms with Crippen molar-refractivity contribution in [2.75, 3.05) is 13.6 Å². The van der Waals surface area contributed by atoms with Crippen LogP contribution in [-0.4, -0.2) is 34.4 Å². The van der Waals surface area contributed by atoms with Gasteiger partial charge in [-0.25, -0.2) is 0 Å². The van der Waals surface area contributed by atoms with Crippen molar-refractivity contribution >= 4 is 34.7 Å². The molecule has 17 heavy (non-hydrogen) atoms. The fourth-order valence-electron chi connectivity index (χ4n) is 1.34. The molecule has 0 fully saturated rings. The van der Waals surface area contributed by atoms with Gasteiger partial charge in [0.15, 0.2) is 0 Å². The quantitative estimate of drug-likeness (QED) is 0.848. The summed E-state index contributed by atoms with van der Waals surface area (Å²) >= 11 is 10.8. The molecule has 0 saturated heterocycles. The van der Waals surface area contributed by atoms with Crippen molar-refractivity contribution < 1.29 is 4.79 Å². The van der Waals surface area contributed by atoms with E-state index in [1.165, 1.54) is 12.4 Å². The van der Waals surface area contributed by atoms with Crippen LogP contribution in [0.1, 0.15) is 17.3 Å². The number of aromatic nitrogens is 1. The average Bonchev–Trinajstić information content (AvgIpc) is 2.28. The van der Waals surface area contributed by atoms with Crippen molar-refractivity contribution in [3.63, 3.8) is 0 Å². The number of hydrogen-bond acceptors (Lipinski definition) is 3. The summed E-state index contributed by atoms with van der Waals surface area (Å²) in [5, 5.41) is 0.340. The van der Waals surface area contributed by atoms with Crippen LogP contribution < -0.4 is 5.73 Å². The molecule has 0 spiro atoms. The van der Waals surface area contributed by atoms with Crippen LogP contribution >= 0.6 is 23.8 Å². The molecule has 6 heteroatoms. The predicted octanol–water partition coefficient (Wildman–Crippen LogP) is 1.73. The monoisotopic (exact) mass is 271 g/mol. The Kier molecular flexibility index (Phi) is 4.84. The molecule has 0 aliphatic heterocycles. The maximum atomic E-state index is 12.1. The number of amides is 1. The van der Waals surface area contributed by atoms with Crippen molar-refractivity contribution in [2.45, 2.75) is 6.92 Å². The molecule has 2 N–H and O–H groups in total. The van der Waals surface area contributed by atoms with E-state index in [2.05, 4.69) is 4.98 Å². The van der Waals surface area contributed by atoms with Crippen molar-refractivity contribution in [1.29, 1.82) is 0 Å². The fraction of sp³-hybridized carbons (Fsp3) is 0.364. The highest BCUT2D eigenvalue weighted by Crippen LogP contribution is 2.15. The minimum atomic E-state index is -0.166. The zero-order valence-electron chi connectivity index (χ0n) is 9.68. The minimum Gasteiger partial charge on any atom is -0.393 e. The van der Waals surface area contributed by atoms with E-state index in [-0.39, 0.29) is 11.8 Å². The first kappa shape index (κ1) is 13.9. The highest BCUT2D eigenvalue weighted by molar-refractivity contribution is 7.80. The number of thiocarbonyl (C=S) groups is 1. The van der Waals surface area contributed by atoms with Crippen molar-refractivity contribution in [1.82, 2.24) is 9.88 Å². The molecule has 0 aliphatic rings. The Bertz CT molecular complexity index is 438. The fourth-order valence-corrected chi connectivity index (χ4v) is 1.61. The molecule has 1 heterocycles. The van der Waals surface area contributed by atoms with Crippen LogP contribution in [0.2, 0.25) is 5.02 Å². The summed E-state index contributed by atoms with van der Waals surface area (Å²) in [5.74, 6) is -0.194. The number of carbonyl (C=O) groups excluding carboxylic acids is 1. The molecule has 1 aromatic heterocycles. The summed E-state index contributed by atoms with van der Waals surface area (Å²) in [5.41, 5.74) is 5.94. The molecule has 1 amide bonds. The van der Waals surface area contributed by atoms with E-state index in [1.807, 2.05) is 6.92 Å². The molecule has 0 aliphatic carbocycles. The average molecular weight is 272 g/mol. The molecule has 1 atom stereocenters. The summed E-state index contributed by atoms with van der Waals surface area (Å²) in [6.45, 7) is 2.34. The first-order valence-electron chi connectivity index (χ1n) is 5.07. The Morgan fingerprint density at radius 2 is 2.35 bits per heavy atom. The second-order valence-corrected chi connectivity index (χ2v) is 4.72. The number of nitrogens with two attached hydrogens (primary N) is 1. The lowest BCUT2D eigenvalue weighted by Gasteiger charge is -2.21. The van der Waals surface area contributed by atoms with Gasteiger partial charge < -0.3 is 10.6 Å². The van der Waals surface area contributed by atoms with E-state index in [4.69, 9.17) is 29.6 Å². The van der Waals surface area contributed by atoms with Crippen LogP contribution in [0.15, 0.2) is 18.5 Å². The van der Waals surface area contributed by atoms with Gasteiger partial charge in [-0.1, -0.05) is 30.7 Å². The Morgan fingerprint density at radius 3 is 2.88 bits per heavy atom. The largest absolute Gasteiger partial charge is 0.393 e. The number of rotatable bonds is 4. The molecule has 0 bridgehead atoms. The van der Waals surface area contributed by atoms with Crippen LogP contribution in [-0.2, 0) is 0 Å². The molecule has 1 unspecified atom stereocenters. The van der Waals surface area contributed by atoms with E-state index in [1.54, 1.807) is 18.0 Å². The highest BCUT2D eigenvalue weighted by Gasteiger charge is 2.17. The summed E-state index contributed by atoms with van der Waals surface area (Å²) < 4.78 is 0. The lowest BCUT2D eigenvalue weighted by Crippen LogP contribution is -2.35. The second-order valence-electron chi connectivity index (χ2n) is 3.84. The standard InChI is InChI=1S/C11H14ClN3OS/c1-7(10(13)17)6-15(2)11(16)8-3-4-14-5-9(8)12/h3-5,7H,6H2,1-2H3,(H2,13,17). The number of carbonyl (C=O) groups is 1. The highest BCUT2D eigenvalue weighted by atomic mass is 35.5. The third-order valence-electron chi connectivity index (χ3n) is 2.38. The van der Waals surface area contributed by atoms with Crippen LogP contribution in [0, 0.1) is 5.92 Å². The summed E-state index contributed by atoms with van der Waals surface area (Å²) in [7, 11) is 1.69. The molecule has 1 rings (SSSR count). The topological polar surface area (TPSA) is 59.2 Å². The third-order valence-corrected chi connectivity index (χ3v) is 3.09. The second kappa shape index (κ2) is 5.93. The van der Waals surface area contributed by atoms with Gasteiger partial charge in [0.05, 0.1) is 15.6 Å². The molecule has 0 aromatic carbocycles. The van der Waals surface area contributed by atoms with E-state index < -0.39 is 0 Å². The van der Waals surface area contributed by atoms with Gasteiger partial charge >= 0.3 is 0 Å². The molecule has 0 radical (unpaired) electrons. The van der Waals surface area contributed by atoms with E-state index in [9.17, 15) is 4.79 Å². The van der Waals surface area contributed by atoms with Crippen molar-refractivity contribution in [3.8, 4) is 0 Å². The maximum absolute atomic E-state index is 12.1. The van der Waals surface area contributed by atoms with Gasteiger partial charge in [-0.15, -0.1) is 0 Å². The molecule has 4 nitrogen and oxygen atoms in total. The number of hydrogen-bond donors (Lipinski definition) is 1. The normalized spacial score (nSPS) is 11.9. The molecule has 92 valence electrons. The molecular formula is C11H14ClN3OS. The van der Waals surface area contributed by atoms with Gasteiger partial charge in [-0.05, 0) is 6.07 Å². The van der Waals surface area contributed by atoms with Gasteiger partial charge in [0.25, 0.3) is 5.91 Å². The van der Waals surface area contributed by atoms with Gasteiger partial charge in [-0.3, -0.25) is 9.78 Å². The SMILES string of the molecule is CC(CN(C)C(=O)c1ccncc1Cl)C(N)=S. The summed E-state index contributed by atoms with van der Waals surface area (Å²) in [6.07, 6.45) is 2.98. The van der Waals surface area contributed by atoms with Crippen LogP contribution in [0.25, 0.3) is 0 Å². The van der Waals surface area contributed by atoms with Gasteiger partial charge in [0.2, 0.25) is 0 Å². The van der Waals surface area contributed by atoms with Gasteiger partial charge in [0, 0.05) is 31.9 Å². The Hall–Kier alpha value is -1.20. The Labute approximate surface area is 111 Å². The zero-order chi connectivity index (χ0) is 13.0. The lowest BCUT2D eigenvalue weighted by atomic mass is 10.1. The Morgan fingerprint density at radius 1 is 1.71 bits per heavy atom. The van der Waals surface area contributed by atoms with Gasteiger partial charge in [0.1, 0.15) is 0 Å². The first-order valence-corrected chi connectivity index (χ1v) is 5.86. The third kappa shape index (κ3) is 3.64. The summed E-state index contributed by atoms with van der Waals surface area (Å²) in [6, 6.07) is 1.59. The van der Waals surface area contributed by atoms with Crippen LogP contribution in [0.5, 0.6) is 0 Å². The Balaban J connectivity index is 2.77. The predicted molar refractivity (Wildman–Crippen MR) is 72.2 cm³/mol. The van der Waals surface area contributed by atoms with E-state index in [0.717, 1.165) is 0 Å². The lowest BCUT2D eigenvalue weighted by molar-refractivity contribution is 0.0787. The smallest absolute Gasteiger partial charge is 0.255 e. The molecular weight excluding hydrogens is 258 g/mol. The van der Waals surface area contributed by atoms with Crippen LogP contribution in [0.4, 0.5) is 0 Å². The molecule has 1 aromatic rings. The van der Waals surface area contributed by atoms with Crippen molar-refractivity contribution in [2.24, 2.45) is 11.7 Å². The number of pyridine rings is 1. The summed E-state index contributed by atoms with van der Waals surface area (Å²) in [4.78, 5) is 17.8. The van der Waals surface area contributed by atoms with Gasteiger partial charge in [-0.2, -0.15) is 0 Å². The first-order chi connectivity index (χ1) is 7.93. The minimum absolute atomic E-state index is 0.0282. The maximum Gasteiger partial charge on any atom is 0.255 e. The number of nitrogens with zero attached hydrogens (tertiary/aromatic N) is 2. The molecule has 0 saturated carbocycles.